The second-order valence-electron chi connectivity index (χ2n) is 10.1. The molecule has 0 unspecified atom stereocenters. The Morgan fingerprint density at radius 3 is 2.17 bits per heavy atom. The third-order valence-corrected chi connectivity index (χ3v) is 7.36. The second kappa shape index (κ2) is 13.1. The van der Waals surface area contributed by atoms with Crippen LogP contribution in [0.25, 0.3) is 0 Å². The number of benzene rings is 3. The van der Waals surface area contributed by atoms with Gasteiger partial charge in [0, 0.05) is 47.6 Å². The molecule has 0 aliphatic carbocycles. The number of amides is 2. The SMILES string of the molecule is O=C(Nc1ccc(C(=O)N(CCN2CCC(C(=O)c3ccc(F)cc3)CC2)c2cccnc2)cc1)c1ccccc1. The molecule has 4 aromatic rings. The third-order valence-electron chi connectivity index (χ3n) is 7.36. The number of ketones is 1. The Labute approximate surface area is 238 Å². The second-order valence-corrected chi connectivity index (χ2v) is 10.1. The zero-order chi connectivity index (χ0) is 28.6. The number of nitrogens with zero attached hydrogens (tertiary/aromatic N) is 3. The Morgan fingerprint density at radius 1 is 0.829 bits per heavy atom. The van der Waals surface area contributed by atoms with Crippen LogP contribution in [-0.2, 0) is 0 Å². The predicted molar refractivity (Wildman–Crippen MR) is 157 cm³/mol. The van der Waals surface area contributed by atoms with E-state index in [-0.39, 0.29) is 29.3 Å². The lowest BCUT2D eigenvalue weighted by Crippen LogP contribution is -2.43. The zero-order valence-electron chi connectivity index (χ0n) is 22.6. The molecule has 2 amide bonds. The molecule has 0 atom stereocenters. The van der Waals surface area contributed by atoms with Gasteiger partial charge in [0.2, 0.25) is 0 Å². The van der Waals surface area contributed by atoms with Crippen molar-refractivity contribution in [3.8, 4) is 0 Å². The summed E-state index contributed by atoms with van der Waals surface area (Å²) in [4.78, 5) is 47.1. The highest BCUT2D eigenvalue weighted by molar-refractivity contribution is 6.07. The fourth-order valence-corrected chi connectivity index (χ4v) is 5.02. The fourth-order valence-electron chi connectivity index (χ4n) is 5.02. The lowest BCUT2D eigenvalue weighted by atomic mass is 9.89. The van der Waals surface area contributed by atoms with Crippen molar-refractivity contribution in [3.05, 3.63) is 126 Å². The quantitative estimate of drug-likeness (QED) is 0.270. The lowest BCUT2D eigenvalue weighted by molar-refractivity contribution is 0.0841. The van der Waals surface area contributed by atoms with Gasteiger partial charge in [-0.3, -0.25) is 19.4 Å². The molecule has 1 aromatic heterocycles. The van der Waals surface area contributed by atoms with Gasteiger partial charge < -0.3 is 15.1 Å². The topological polar surface area (TPSA) is 82.6 Å². The highest BCUT2D eigenvalue weighted by atomic mass is 19.1. The number of carbonyl (C=O) groups excluding carboxylic acids is 3. The molecule has 2 heterocycles. The van der Waals surface area contributed by atoms with E-state index in [1.54, 1.807) is 84.0 Å². The van der Waals surface area contributed by atoms with Gasteiger partial charge in [0.05, 0.1) is 11.9 Å². The number of halogens is 1. The number of carbonyl (C=O) groups is 3. The minimum atomic E-state index is -0.352. The Bertz CT molecular complexity index is 1470. The Morgan fingerprint density at radius 2 is 1.51 bits per heavy atom. The van der Waals surface area contributed by atoms with Crippen LogP contribution in [0.15, 0.2) is 103 Å². The molecule has 0 saturated carbocycles. The van der Waals surface area contributed by atoms with E-state index < -0.39 is 0 Å². The first-order valence-corrected chi connectivity index (χ1v) is 13.7. The lowest BCUT2D eigenvalue weighted by Gasteiger charge is -2.33. The highest BCUT2D eigenvalue weighted by Gasteiger charge is 2.27. The van der Waals surface area contributed by atoms with Crippen molar-refractivity contribution in [2.24, 2.45) is 5.92 Å². The average Bonchev–Trinajstić information content (AvgIpc) is 3.02. The average molecular weight is 551 g/mol. The first kappa shape index (κ1) is 27.9. The van der Waals surface area contributed by atoms with Gasteiger partial charge in [-0.05, 0) is 98.7 Å². The van der Waals surface area contributed by atoms with E-state index in [2.05, 4.69) is 15.2 Å². The number of anilines is 2. The van der Waals surface area contributed by atoms with Crippen molar-refractivity contribution in [1.82, 2.24) is 9.88 Å². The van der Waals surface area contributed by atoms with Gasteiger partial charge in [0.1, 0.15) is 5.82 Å². The van der Waals surface area contributed by atoms with Gasteiger partial charge in [0.25, 0.3) is 11.8 Å². The molecule has 1 saturated heterocycles. The number of nitrogens with one attached hydrogen (secondary N) is 1. The maximum absolute atomic E-state index is 13.6. The van der Waals surface area contributed by atoms with Crippen molar-refractivity contribution in [1.29, 1.82) is 0 Å². The fraction of sp³-hybridized carbons (Fsp3) is 0.212. The Balaban J connectivity index is 1.20. The number of hydrogen-bond donors (Lipinski definition) is 1. The first-order valence-electron chi connectivity index (χ1n) is 13.7. The summed E-state index contributed by atoms with van der Waals surface area (Å²) in [5.41, 5.74) is 2.89. The molecule has 5 rings (SSSR count). The standard InChI is InChI=1S/C33H31FN4O3/c34-28-12-8-24(9-13-28)31(39)25-16-19-37(20-17-25)21-22-38(30-7-4-18-35-23-30)33(41)27-10-14-29(15-11-27)36-32(40)26-5-2-1-3-6-26/h1-15,18,23,25H,16-17,19-22H2,(H,36,40). The Hall–Kier alpha value is -4.69. The smallest absolute Gasteiger partial charge is 0.258 e. The van der Waals surface area contributed by atoms with E-state index in [9.17, 15) is 18.8 Å². The number of likely N-dealkylation sites (tertiary alicyclic amines) is 1. The molecule has 1 aliphatic heterocycles. The Kier molecular flexibility index (Phi) is 8.91. The normalized spacial score (nSPS) is 13.9. The van der Waals surface area contributed by atoms with E-state index in [1.807, 2.05) is 12.1 Å². The number of aromatic nitrogens is 1. The van der Waals surface area contributed by atoms with Gasteiger partial charge in [-0.2, -0.15) is 0 Å². The molecular weight excluding hydrogens is 519 g/mol. The van der Waals surface area contributed by atoms with E-state index in [1.165, 1.54) is 12.1 Å². The monoisotopic (exact) mass is 550 g/mol. The summed E-state index contributed by atoms with van der Waals surface area (Å²) in [6, 6.07) is 25.2. The molecule has 1 aliphatic rings. The molecule has 208 valence electrons. The summed E-state index contributed by atoms with van der Waals surface area (Å²) in [5, 5.41) is 2.86. The van der Waals surface area contributed by atoms with E-state index in [0.29, 0.717) is 54.0 Å². The van der Waals surface area contributed by atoms with Crippen LogP contribution in [0.4, 0.5) is 15.8 Å². The molecule has 0 radical (unpaired) electrons. The van der Waals surface area contributed by atoms with E-state index >= 15 is 0 Å². The minimum absolute atomic E-state index is 0.0558. The number of pyridine rings is 1. The zero-order valence-corrected chi connectivity index (χ0v) is 22.6. The van der Waals surface area contributed by atoms with Crippen molar-refractivity contribution >= 4 is 29.0 Å². The van der Waals surface area contributed by atoms with Crippen LogP contribution in [0.2, 0.25) is 0 Å². The highest BCUT2D eigenvalue weighted by Crippen LogP contribution is 2.23. The van der Waals surface area contributed by atoms with Crippen molar-refractivity contribution < 1.29 is 18.8 Å². The van der Waals surface area contributed by atoms with Crippen LogP contribution in [0.3, 0.4) is 0 Å². The summed E-state index contributed by atoms with van der Waals surface area (Å²) in [6.45, 7) is 2.57. The molecule has 1 N–H and O–H groups in total. The summed E-state index contributed by atoms with van der Waals surface area (Å²) in [6.07, 6.45) is 4.76. The van der Waals surface area contributed by atoms with E-state index in [4.69, 9.17) is 0 Å². The molecule has 8 heteroatoms. The minimum Gasteiger partial charge on any atom is -0.322 e. The summed E-state index contributed by atoms with van der Waals surface area (Å²) in [5.74, 6) is -0.770. The summed E-state index contributed by atoms with van der Waals surface area (Å²) < 4.78 is 13.2. The largest absolute Gasteiger partial charge is 0.322 e. The van der Waals surface area contributed by atoms with E-state index in [0.717, 1.165) is 13.1 Å². The van der Waals surface area contributed by atoms with Crippen molar-refractivity contribution in [2.75, 3.05) is 36.4 Å². The maximum atomic E-state index is 13.6. The van der Waals surface area contributed by atoms with Crippen LogP contribution in [0.5, 0.6) is 0 Å². The summed E-state index contributed by atoms with van der Waals surface area (Å²) in [7, 11) is 0. The van der Waals surface area contributed by atoms with Gasteiger partial charge in [-0.15, -0.1) is 0 Å². The van der Waals surface area contributed by atoms with Crippen LogP contribution in [0, 0.1) is 11.7 Å². The van der Waals surface area contributed by atoms with Gasteiger partial charge in [0.15, 0.2) is 5.78 Å². The molecule has 3 aromatic carbocycles. The molecular formula is C33H31FN4O3. The number of hydrogen-bond acceptors (Lipinski definition) is 5. The molecule has 1 fully saturated rings. The van der Waals surface area contributed by atoms with Crippen LogP contribution in [0.1, 0.15) is 43.9 Å². The molecule has 0 spiro atoms. The summed E-state index contributed by atoms with van der Waals surface area (Å²) >= 11 is 0. The van der Waals surface area contributed by atoms with Gasteiger partial charge >= 0.3 is 0 Å². The van der Waals surface area contributed by atoms with Crippen LogP contribution in [-0.4, -0.2) is 53.7 Å². The molecule has 7 nitrogen and oxygen atoms in total. The van der Waals surface area contributed by atoms with Gasteiger partial charge in [-0.25, -0.2) is 4.39 Å². The predicted octanol–water partition coefficient (Wildman–Crippen LogP) is 5.71. The van der Waals surface area contributed by atoms with Crippen molar-refractivity contribution in [3.63, 3.8) is 0 Å². The van der Waals surface area contributed by atoms with Gasteiger partial charge in [-0.1, -0.05) is 18.2 Å². The molecule has 41 heavy (non-hydrogen) atoms. The molecule has 0 bridgehead atoms. The first-order chi connectivity index (χ1) is 20.0. The van der Waals surface area contributed by atoms with Crippen LogP contribution < -0.4 is 10.2 Å². The van der Waals surface area contributed by atoms with Crippen molar-refractivity contribution in [2.45, 2.75) is 12.8 Å². The third kappa shape index (κ3) is 7.10. The number of rotatable bonds is 9. The number of Topliss-reactive ketones (excluding diaryl/α,β-unsaturated/α-hetero) is 1. The maximum Gasteiger partial charge on any atom is 0.258 e. The number of piperidine rings is 1. The van der Waals surface area contributed by atoms with Crippen LogP contribution >= 0.6 is 0 Å².